The molecule has 0 spiro atoms. The van der Waals surface area contributed by atoms with Gasteiger partial charge in [-0.15, -0.1) is 0 Å². The number of amides is 2. The molecule has 1 saturated heterocycles. The van der Waals surface area contributed by atoms with E-state index in [2.05, 4.69) is 5.32 Å². The largest absolute Gasteiger partial charge is 0.326 e. The number of benzene rings is 1. The van der Waals surface area contributed by atoms with Crippen molar-refractivity contribution in [1.29, 1.82) is 0 Å². The maximum atomic E-state index is 11.8. The minimum absolute atomic E-state index is 0.105. The Balaban J connectivity index is 2.19. The summed E-state index contributed by atoms with van der Waals surface area (Å²) in [5.74, 6) is 0.0587. The molecule has 0 saturated carbocycles. The van der Waals surface area contributed by atoms with E-state index in [0.717, 1.165) is 30.8 Å². The second-order valence-corrected chi connectivity index (χ2v) is 4.23. The van der Waals surface area contributed by atoms with Crippen molar-refractivity contribution in [1.82, 2.24) is 0 Å². The molecule has 1 aliphatic heterocycles. The molecule has 17 heavy (non-hydrogen) atoms. The van der Waals surface area contributed by atoms with E-state index >= 15 is 0 Å². The number of carbonyl (C=O) groups excluding carboxylic acids is 2. The minimum atomic E-state index is -0.105. The highest BCUT2D eigenvalue weighted by Gasteiger charge is 2.19. The second kappa shape index (κ2) is 4.99. The van der Waals surface area contributed by atoms with E-state index in [-0.39, 0.29) is 11.8 Å². The summed E-state index contributed by atoms with van der Waals surface area (Å²) in [6.45, 7) is 2.24. The fourth-order valence-electron chi connectivity index (χ4n) is 2.03. The van der Waals surface area contributed by atoms with E-state index < -0.39 is 0 Å². The molecule has 1 heterocycles. The Bertz CT molecular complexity index is 443. The third-order valence-electron chi connectivity index (χ3n) is 2.80. The van der Waals surface area contributed by atoms with Crippen LogP contribution in [0, 0.1) is 0 Å². The molecule has 1 aliphatic rings. The van der Waals surface area contributed by atoms with E-state index in [9.17, 15) is 9.59 Å². The summed E-state index contributed by atoms with van der Waals surface area (Å²) in [6, 6.07) is 7.40. The standard InChI is InChI=1S/C13H16N2O2/c1-10(16)14-11-5-4-6-12(9-11)15-8-3-2-7-13(15)17/h4-6,9H,2-3,7-8H2,1H3,(H,14,16). The number of anilines is 2. The molecule has 1 aromatic rings. The normalized spacial score (nSPS) is 15.8. The molecule has 0 bridgehead atoms. The zero-order chi connectivity index (χ0) is 12.3. The van der Waals surface area contributed by atoms with Crippen LogP contribution in [-0.4, -0.2) is 18.4 Å². The van der Waals surface area contributed by atoms with Crippen molar-refractivity contribution in [3.63, 3.8) is 0 Å². The lowest BCUT2D eigenvalue weighted by atomic mass is 10.1. The van der Waals surface area contributed by atoms with Crippen LogP contribution in [0.15, 0.2) is 24.3 Å². The van der Waals surface area contributed by atoms with Crippen molar-refractivity contribution in [2.75, 3.05) is 16.8 Å². The van der Waals surface area contributed by atoms with Gasteiger partial charge < -0.3 is 10.2 Å². The molecule has 2 amide bonds. The molecule has 1 fully saturated rings. The zero-order valence-corrected chi connectivity index (χ0v) is 9.90. The maximum absolute atomic E-state index is 11.8. The summed E-state index contributed by atoms with van der Waals surface area (Å²) in [4.78, 5) is 24.5. The lowest BCUT2D eigenvalue weighted by molar-refractivity contribution is -0.119. The fourth-order valence-corrected chi connectivity index (χ4v) is 2.03. The molecule has 0 radical (unpaired) electrons. The molecular weight excluding hydrogens is 216 g/mol. The SMILES string of the molecule is CC(=O)Nc1cccc(N2CCCCC2=O)c1. The van der Waals surface area contributed by atoms with Crippen LogP contribution in [0.3, 0.4) is 0 Å². The molecule has 0 atom stereocenters. The van der Waals surface area contributed by atoms with E-state index in [0.29, 0.717) is 6.42 Å². The predicted molar refractivity (Wildman–Crippen MR) is 66.9 cm³/mol. The summed E-state index contributed by atoms with van der Waals surface area (Å²) in [7, 11) is 0. The molecule has 1 aromatic carbocycles. The highest BCUT2D eigenvalue weighted by atomic mass is 16.2. The fraction of sp³-hybridized carbons (Fsp3) is 0.385. The van der Waals surface area contributed by atoms with Gasteiger partial charge in [-0.25, -0.2) is 0 Å². The Morgan fingerprint density at radius 2 is 2.18 bits per heavy atom. The average Bonchev–Trinajstić information content (AvgIpc) is 2.29. The van der Waals surface area contributed by atoms with E-state index in [4.69, 9.17) is 0 Å². The lowest BCUT2D eigenvalue weighted by Crippen LogP contribution is -2.35. The Labute approximate surface area is 101 Å². The van der Waals surface area contributed by atoms with Gasteiger partial charge in [0.15, 0.2) is 0 Å². The van der Waals surface area contributed by atoms with Gasteiger partial charge >= 0.3 is 0 Å². The first-order valence-electron chi connectivity index (χ1n) is 5.85. The van der Waals surface area contributed by atoms with Gasteiger partial charge in [0.2, 0.25) is 11.8 Å². The van der Waals surface area contributed by atoms with Crippen molar-refractivity contribution < 1.29 is 9.59 Å². The van der Waals surface area contributed by atoms with Gasteiger partial charge in [0, 0.05) is 31.3 Å². The van der Waals surface area contributed by atoms with Crippen LogP contribution in [0.25, 0.3) is 0 Å². The van der Waals surface area contributed by atoms with Gasteiger partial charge in [0.25, 0.3) is 0 Å². The quantitative estimate of drug-likeness (QED) is 0.849. The molecular formula is C13H16N2O2. The van der Waals surface area contributed by atoms with Crippen LogP contribution in [-0.2, 0) is 9.59 Å². The average molecular weight is 232 g/mol. The van der Waals surface area contributed by atoms with E-state index in [1.54, 1.807) is 4.90 Å². The first-order valence-corrected chi connectivity index (χ1v) is 5.85. The molecule has 1 N–H and O–H groups in total. The summed E-state index contributed by atoms with van der Waals surface area (Å²) in [5.41, 5.74) is 1.59. The van der Waals surface area contributed by atoms with Gasteiger partial charge in [0.05, 0.1) is 0 Å². The predicted octanol–water partition coefficient (Wildman–Crippen LogP) is 2.16. The molecule has 0 aromatic heterocycles. The maximum Gasteiger partial charge on any atom is 0.226 e. The third-order valence-corrected chi connectivity index (χ3v) is 2.80. The first-order chi connectivity index (χ1) is 8.16. The van der Waals surface area contributed by atoms with Crippen molar-refractivity contribution in [3.8, 4) is 0 Å². The lowest BCUT2D eigenvalue weighted by Gasteiger charge is -2.27. The molecule has 2 rings (SSSR count). The Morgan fingerprint density at radius 3 is 2.88 bits per heavy atom. The smallest absolute Gasteiger partial charge is 0.226 e. The van der Waals surface area contributed by atoms with Crippen LogP contribution >= 0.6 is 0 Å². The number of carbonyl (C=O) groups is 2. The summed E-state index contributed by atoms with van der Waals surface area (Å²) in [5, 5.41) is 2.72. The van der Waals surface area contributed by atoms with Crippen LogP contribution in [0.5, 0.6) is 0 Å². The number of hydrogen-bond donors (Lipinski definition) is 1. The Kier molecular flexibility index (Phi) is 3.42. The van der Waals surface area contributed by atoms with Crippen molar-refractivity contribution >= 4 is 23.2 Å². The first kappa shape index (κ1) is 11.6. The number of piperidine rings is 1. The summed E-state index contributed by atoms with van der Waals surface area (Å²) < 4.78 is 0. The summed E-state index contributed by atoms with van der Waals surface area (Å²) in [6.07, 6.45) is 2.63. The van der Waals surface area contributed by atoms with Gasteiger partial charge in [0.1, 0.15) is 0 Å². The third kappa shape index (κ3) is 2.84. The van der Waals surface area contributed by atoms with Crippen LogP contribution < -0.4 is 10.2 Å². The monoisotopic (exact) mass is 232 g/mol. The minimum Gasteiger partial charge on any atom is -0.326 e. The Morgan fingerprint density at radius 1 is 1.35 bits per heavy atom. The zero-order valence-electron chi connectivity index (χ0n) is 9.90. The number of hydrogen-bond acceptors (Lipinski definition) is 2. The van der Waals surface area contributed by atoms with E-state index in [1.165, 1.54) is 6.92 Å². The second-order valence-electron chi connectivity index (χ2n) is 4.23. The number of rotatable bonds is 2. The van der Waals surface area contributed by atoms with E-state index in [1.807, 2.05) is 24.3 Å². The molecule has 90 valence electrons. The highest BCUT2D eigenvalue weighted by molar-refractivity contribution is 5.95. The van der Waals surface area contributed by atoms with Crippen LogP contribution in [0.4, 0.5) is 11.4 Å². The molecule has 4 heteroatoms. The van der Waals surface area contributed by atoms with Crippen molar-refractivity contribution in [2.24, 2.45) is 0 Å². The number of nitrogens with one attached hydrogen (secondary N) is 1. The van der Waals surface area contributed by atoms with Gasteiger partial charge in [-0.05, 0) is 31.0 Å². The van der Waals surface area contributed by atoms with Gasteiger partial charge in [-0.2, -0.15) is 0 Å². The van der Waals surface area contributed by atoms with Crippen molar-refractivity contribution in [3.05, 3.63) is 24.3 Å². The Hall–Kier alpha value is -1.84. The molecule has 0 unspecified atom stereocenters. The molecule has 0 aliphatic carbocycles. The highest BCUT2D eigenvalue weighted by Crippen LogP contribution is 2.23. The topological polar surface area (TPSA) is 49.4 Å². The van der Waals surface area contributed by atoms with Crippen LogP contribution in [0.1, 0.15) is 26.2 Å². The molecule has 4 nitrogen and oxygen atoms in total. The van der Waals surface area contributed by atoms with Gasteiger partial charge in [-0.3, -0.25) is 9.59 Å². The van der Waals surface area contributed by atoms with Crippen LogP contribution in [0.2, 0.25) is 0 Å². The van der Waals surface area contributed by atoms with Crippen molar-refractivity contribution in [2.45, 2.75) is 26.2 Å². The van der Waals surface area contributed by atoms with Gasteiger partial charge in [-0.1, -0.05) is 6.07 Å². The number of nitrogens with zero attached hydrogens (tertiary/aromatic N) is 1. The summed E-state index contributed by atoms with van der Waals surface area (Å²) >= 11 is 0.